The summed E-state index contributed by atoms with van der Waals surface area (Å²) in [6.45, 7) is -0.329. The highest BCUT2D eigenvalue weighted by Crippen LogP contribution is 2.35. The standard InChI is InChI=1S/C17H17N9O4/c18-17-19-15-14(16(29)20-17)10(5-26(15)13-4-11(28)12(6-27)30-13)22-21-7-1-2-8-9(3-7)24-25-23-8/h1-3,5,11-13,27-28H,4,6H2,(H,23,24,25)(H3,18,19,20,29)/b22-21+/t11?,12-,13-/m1/s1. The molecule has 0 radical (unpaired) electrons. The molecular formula is C17H17N9O4. The number of hydrogen-bond acceptors (Lipinski definition) is 10. The second-order valence-electron chi connectivity index (χ2n) is 6.90. The number of benzene rings is 1. The topological polar surface area (TPSA) is 193 Å². The van der Waals surface area contributed by atoms with Crippen LogP contribution in [-0.4, -0.2) is 59.0 Å². The van der Waals surface area contributed by atoms with Gasteiger partial charge in [0.15, 0.2) is 5.65 Å². The monoisotopic (exact) mass is 411 g/mol. The van der Waals surface area contributed by atoms with Crippen molar-refractivity contribution < 1.29 is 14.9 Å². The van der Waals surface area contributed by atoms with Crippen molar-refractivity contribution in [2.75, 3.05) is 12.3 Å². The number of hydrogen-bond donors (Lipinski definition) is 5. The van der Waals surface area contributed by atoms with E-state index in [2.05, 4.69) is 35.6 Å². The number of rotatable bonds is 4. The lowest BCUT2D eigenvalue weighted by atomic mass is 10.2. The molecule has 0 spiro atoms. The molecule has 1 fully saturated rings. The summed E-state index contributed by atoms with van der Waals surface area (Å²) in [5, 5.41) is 38.4. The molecule has 1 aliphatic heterocycles. The Bertz CT molecular complexity index is 1320. The van der Waals surface area contributed by atoms with Crippen LogP contribution in [0.15, 0.2) is 39.4 Å². The van der Waals surface area contributed by atoms with Gasteiger partial charge in [-0.05, 0) is 18.2 Å². The number of azo groups is 1. The molecular weight excluding hydrogens is 394 g/mol. The predicted octanol–water partition coefficient (Wildman–Crippen LogP) is 0.634. The molecule has 1 unspecified atom stereocenters. The molecule has 1 aliphatic rings. The highest BCUT2D eigenvalue weighted by molar-refractivity contribution is 5.88. The summed E-state index contributed by atoms with van der Waals surface area (Å²) in [7, 11) is 0. The summed E-state index contributed by atoms with van der Waals surface area (Å²) >= 11 is 0. The fourth-order valence-electron chi connectivity index (χ4n) is 3.50. The molecule has 4 heterocycles. The van der Waals surface area contributed by atoms with Crippen molar-refractivity contribution in [1.29, 1.82) is 0 Å². The summed E-state index contributed by atoms with van der Waals surface area (Å²) in [6.07, 6.45) is -0.462. The van der Waals surface area contributed by atoms with Gasteiger partial charge in [-0.2, -0.15) is 10.1 Å². The minimum absolute atomic E-state index is 0.0657. The number of ether oxygens (including phenoxy) is 1. The van der Waals surface area contributed by atoms with E-state index in [9.17, 15) is 15.0 Å². The van der Waals surface area contributed by atoms with Crippen molar-refractivity contribution in [3.63, 3.8) is 0 Å². The van der Waals surface area contributed by atoms with Crippen LogP contribution in [0.3, 0.4) is 0 Å². The zero-order valence-corrected chi connectivity index (χ0v) is 15.4. The number of H-pyrrole nitrogens is 2. The molecule has 1 aromatic carbocycles. The van der Waals surface area contributed by atoms with Gasteiger partial charge in [0.05, 0.1) is 23.9 Å². The molecule has 1 saturated heterocycles. The van der Waals surface area contributed by atoms with E-state index in [1.807, 2.05) is 0 Å². The van der Waals surface area contributed by atoms with Gasteiger partial charge in [0.2, 0.25) is 5.95 Å². The lowest BCUT2D eigenvalue weighted by molar-refractivity contribution is -0.0430. The van der Waals surface area contributed by atoms with Crippen molar-refractivity contribution in [3.05, 3.63) is 34.7 Å². The van der Waals surface area contributed by atoms with Gasteiger partial charge in [-0.3, -0.25) is 14.9 Å². The average molecular weight is 411 g/mol. The molecule has 30 heavy (non-hydrogen) atoms. The van der Waals surface area contributed by atoms with Crippen LogP contribution in [0.2, 0.25) is 0 Å². The van der Waals surface area contributed by atoms with Crippen molar-refractivity contribution in [3.8, 4) is 0 Å². The van der Waals surface area contributed by atoms with Crippen LogP contribution in [-0.2, 0) is 4.74 Å². The van der Waals surface area contributed by atoms with Gasteiger partial charge in [-0.15, -0.1) is 10.2 Å². The maximum absolute atomic E-state index is 12.5. The first kappa shape index (κ1) is 18.4. The predicted molar refractivity (Wildman–Crippen MR) is 104 cm³/mol. The van der Waals surface area contributed by atoms with Crippen molar-refractivity contribution in [1.82, 2.24) is 29.9 Å². The number of nitrogens with one attached hydrogen (secondary N) is 2. The van der Waals surface area contributed by atoms with Crippen LogP contribution in [0.25, 0.3) is 22.1 Å². The van der Waals surface area contributed by atoms with Crippen molar-refractivity contribution >= 4 is 39.4 Å². The van der Waals surface area contributed by atoms with Gasteiger partial charge in [-0.25, -0.2) is 0 Å². The molecule has 13 heteroatoms. The first-order valence-electron chi connectivity index (χ1n) is 9.11. The van der Waals surface area contributed by atoms with E-state index in [0.717, 1.165) is 5.52 Å². The Labute approximate surface area is 167 Å². The maximum atomic E-state index is 12.5. The number of anilines is 1. The minimum Gasteiger partial charge on any atom is -0.394 e. The molecule has 154 valence electrons. The normalized spacial score (nSPS) is 22.0. The van der Waals surface area contributed by atoms with E-state index >= 15 is 0 Å². The van der Waals surface area contributed by atoms with Crippen LogP contribution >= 0.6 is 0 Å². The number of nitrogens with zero attached hydrogens (tertiary/aromatic N) is 6. The molecule has 4 aromatic rings. The lowest BCUT2D eigenvalue weighted by Gasteiger charge is -2.14. The minimum atomic E-state index is -0.851. The molecule has 0 aliphatic carbocycles. The van der Waals surface area contributed by atoms with Crippen LogP contribution in [0.1, 0.15) is 12.6 Å². The van der Waals surface area contributed by atoms with E-state index in [1.165, 1.54) is 0 Å². The fourth-order valence-corrected chi connectivity index (χ4v) is 3.50. The number of nitrogens with two attached hydrogens (primary N) is 1. The van der Waals surface area contributed by atoms with Crippen molar-refractivity contribution in [2.45, 2.75) is 24.9 Å². The van der Waals surface area contributed by atoms with E-state index in [0.29, 0.717) is 11.2 Å². The summed E-state index contributed by atoms with van der Waals surface area (Å²) < 4.78 is 7.26. The highest BCUT2D eigenvalue weighted by Gasteiger charge is 2.35. The molecule has 3 atom stereocenters. The van der Waals surface area contributed by atoms with Crippen LogP contribution in [0.5, 0.6) is 0 Å². The Morgan fingerprint density at radius 1 is 1.37 bits per heavy atom. The third-order valence-electron chi connectivity index (χ3n) is 4.96. The molecule has 5 rings (SSSR count). The van der Waals surface area contributed by atoms with Gasteiger partial charge < -0.3 is 25.3 Å². The lowest BCUT2D eigenvalue weighted by Crippen LogP contribution is -2.24. The summed E-state index contributed by atoms with van der Waals surface area (Å²) in [4.78, 5) is 19.2. The fraction of sp³-hybridized carbons (Fsp3) is 0.294. The zero-order chi connectivity index (χ0) is 20.8. The Morgan fingerprint density at radius 2 is 2.23 bits per heavy atom. The SMILES string of the molecule is Nc1nc2c(c(/N=N/c3ccc4[nH]nnc4c3)cn2[C@H]2CC(O)[C@@H](CO)O2)c(=O)[nH]1. The first-order valence-corrected chi connectivity index (χ1v) is 9.11. The second kappa shape index (κ2) is 6.98. The smallest absolute Gasteiger partial charge is 0.264 e. The second-order valence-corrected chi connectivity index (χ2v) is 6.90. The number of aliphatic hydroxyl groups excluding tert-OH is 2. The summed E-state index contributed by atoms with van der Waals surface area (Å²) in [5.41, 5.74) is 7.64. The van der Waals surface area contributed by atoms with Gasteiger partial charge in [0.1, 0.15) is 28.9 Å². The quantitative estimate of drug-likeness (QED) is 0.302. The largest absolute Gasteiger partial charge is 0.394 e. The zero-order valence-electron chi connectivity index (χ0n) is 15.4. The first-order chi connectivity index (χ1) is 14.5. The molecule has 0 saturated carbocycles. The van der Waals surface area contributed by atoms with Gasteiger partial charge in [0.25, 0.3) is 5.56 Å². The van der Waals surface area contributed by atoms with Crippen LogP contribution in [0, 0.1) is 0 Å². The van der Waals surface area contributed by atoms with E-state index in [1.54, 1.807) is 29.0 Å². The molecule has 0 bridgehead atoms. The van der Waals surface area contributed by atoms with Crippen LogP contribution < -0.4 is 11.3 Å². The molecule has 0 amide bonds. The van der Waals surface area contributed by atoms with Crippen LogP contribution in [0.4, 0.5) is 17.3 Å². The summed E-state index contributed by atoms with van der Waals surface area (Å²) in [6, 6.07) is 5.20. The Kier molecular flexibility index (Phi) is 4.27. The molecule has 3 aromatic heterocycles. The third-order valence-corrected chi connectivity index (χ3v) is 4.96. The van der Waals surface area contributed by atoms with E-state index in [-0.39, 0.29) is 35.7 Å². The average Bonchev–Trinajstić information content (AvgIpc) is 3.42. The van der Waals surface area contributed by atoms with Gasteiger partial charge in [-0.1, -0.05) is 5.21 Å². The number of fused-ring (bicyclic) bond motifs is 2. The summed E-state index contributed by atoms with van der Waals surface area (Å²) in [5.74, 6) is -0.0657. The van der Waals surface area contributed by atoms with Crippen molar-refractivity contribution in [2.24, 2.45) is 10.2 Å². The van der Waals surface area contributed by atoms with Gasteiger partial charge >= 0.3 is 0 Å². The number of aromatic amines is 2. The molecule has 13 nitrogen and oxygen atoms in total. The Balaban J connectivity index is 1.59. The Morgan fingerprint density at radius 3 is 3.03 bits per heavy atom. The van der Waals surface area contributed by atoms with E-state index < -0.39 is 24.0 Å². The van der Waals surface area contributed by atoms with Gasteiger partial charge in [0, 0.05) is 12.6 Å². The third kappa shape index (κ3) is 3.01. The molecule has 6 N–H and O–H groups in total. The van der Waals surface area contributed by atoms with E-state index in [4.69, 9.17) is 10.5 Å². The highest BCUT2D eigenvalue weighted by atomic mass is 16.5. The number of nitrogen functional groups attached to an aromatic ring is 1. The number of aromatic nitrogens is 6. The maximum Gasteiger partial charge on any atom is 0.264 e. The Hall–Kier alpha value is -3.68. The number of aliphatic hydroxyl groups is 2.